The number of aromatic nitrogens is 3. The smallest absolute Gasteiger partial charge is 0.230 e. The van der Waals surface area contributed by atoms with Gasteiger partial charge in [0.25, 0.3) is 0 Å². The van der Waals surface area contributed by atoms with Gasteiger partial charge < -0.3 is 14.7 Å². The molecule has 8 nitrogen and oxygen atoms in total. The fraction of sp³-hybridized carbons (Fsp3) is 0.217. The van der Waals surface area contributed by atoms with Gasteiger partial charge in [0.2, 0.25) is 5.89 Å². The first kappa shape index (κ1) is 20.3. The highest BCUT2D eigenvalue weighted by Gasteiger charge is 2.30. The van der Waals surface area contributed by atoms with E-state index < -0.39 is 0 Å². The number of carbonyl (C=O) groups is 1. The number of pyridine rings is 1. The summed E-state index contributed by atoms with van der Waals surface area (Å²) in [4.78, 5) is 24.6. The first-order valence-electron chi connectivity index (χ1n) is 10.2. The molecule has 1 aromatic carbocycles. The first-order valence-corrected chi connectivity index (χ1v) is 11.0. The maximum atomic E-state index is 11.6. The van der Waals surface area contributed by atoms with E-state index in [1.54, 1.807) is 24.2 Å². The number of anilines is 1. The molecule has 0 unspecified atom stereocenters. The number of fused-ring (bicyclic) bond motifs is 1. The lowest BCUT2D eigenvalue weighted by Crippen LogP contribution is -2.45. The Morgan fingerprint density at radius 3 is 2.97 bits per heavy atom. The lowest BCUT2D eigenvalue weighted by molar-refractivity contribution is 0.101. The van der Waals surface area contributed by atoms with Gasteiger partial charge >= 0.3 is 0 Å². The van der Waals surface area contributed by atoms with Crippen LogP contribution in [0.2, 0.25) is 0 Å². The SMILES string of the molecule is CC(=O)c1coc(-c2cnc3[nH]ccc3c2NC2CC(NSc3cccc(C#N)c3)C2)n1. The van der Waals surface area contributed by atoms with Crippen LogP contribution in [0.25, 0.3) is 22.5 Å². The first-order chi connectivity index (χ1) is 15.6. The molecule has 0 spiro atoms. The van der Waals surface area contributed by atoms with E-state index in [0.29, 0.717) is 23.2 Å². The lowest BCUT2D eigenvalue weighted by Gasteiger charge is -2.37. The van der Waals surface area contributed by atoms with Crippen LogP contribution in [0.4, 0.5) is 5.69 Å². The lowest BCUT2D eigenvalue weighted by atomic mass is 9.87. The largest absolute Gasteiger partial charge is 0.444 e. The van der Waals surface area contributed by atoms with Crippen LogP contribution in [0.5, 0.6) is 0 Å². The summed E-state index contributed by atoms with van der Waals surface area (Å²) in [6, 6.07) is 12.3. The third kappa shape index (κ3) is 3.98. The minimum atomic E-state index is -0.143. The van der Waals surface area contributed by atoms with Crippen molar-refractivity contribution < 1.29 is 9.21 Å². The van der Waals surface area contributed by atoms with E-state index in [9.17, 15) is 4.79 Å². The maximum absolute atomic E-state index is 11.6. The molecular formula is C23H20N6O2S. The Morgan fingerprint density at radius 2 is 2.19 bits per heavy atom. The molecule has 5 rings (SSSR count). The maximum Gasteiger partial charge on any atom is 0.230 e. The topological polar surface area (TPSA) is 120 Å². The second kappa shape index (κ2) is 8.49. The summed E-state index contributed by atoms with van der Waals surface area (Å²) in [6.07, 6.45) is 6.83. The summed E-state index contributed by atoms with van der Waals surface area (Å²) < 4.78 is 9.06. The average Bonchev–Trinajstić information content (AvgIpc) is 3.45. The van der Waals surface area contributed by atoms with Gasteiger partial charge in [-0.3, -0.25) is 9.52 Å². The molecule has 0 amide bonds. The highest BCUT2D eigenvalue weighted by Crippen LogP contribution is 2.36. The van der Waals surface area contributed by atoms with Gasteiger partial charge in [0.05, 0.1) is 22.9 Å². The van der Waals surface area contributed by atoms with Crippen LogP contribution in [0.1, 0.15) is 35.8 Å². The minimum absolute atomic E-state index is 0.143. The summed E-state index contributed by atoms with van der Waals surface area (Å²) in [5.41, 5.74) is 3.35. The van der Waals surface area contributed by atoms with E-state index in [0.717, 1.165) is 40.0 Å². The van der Waals surface area contributed by atoms with Crippen molar-refractivity contribution in [2.75, 3.05) is 5.32 Å². The molecular weight excluding hydrogens is 424 g/mol. The molecule has 4 aromatic rings. The number of hydrogen-bond acceptors (Lipinski definition) is 8. The van der Waals surface area contributed by atoms with Crippen LogP contribution < -0.4 is 10.0 Å². The number of hydrogen-bond donors (Lipinski definition) is 3. The fourth-order valence-corrected chi connectivity index (χ4v) is 4.53. The molecule has 3 N–H and O–H groups in total. The molecule has 1 aliphatic carbocycles. The molecule has 32 heavy (non-hydrogen) atoms. The highest BCUT2D eigenvalue weighted by molar-refractivity contribution is 7.97. The number of aromatic amines is 1. The van der Waals surface area contributed by atoms with Crippen molar-refractivity contribution in [3.63, 3.8) is 0 Å². The minimum Gasteiger partial charge on any atom is -0.444 e. The van der Waals surface area contributed by atoms with E-state index in [4.69, 9.17) is 9.68 Å². The predicted molar refractivity (Wildman–Crippen MR) is 122 cm³/mol. The molecule has 0 aliphatic heterocycles. The number of nitrogens with one attached hydrogen (secondary N) is 3. The number of oxazole rings is 1. The molecule has 1 fully saturated rings. The molecule has 1 saturated carbocycles. The van der Waals surface area contributed by atoms with Gasteiger partial charge in [-0.15, -0.1) is 0 Å². The third-order valence-electron chi connectivity index (χ3n) is 5.48. The van der Waals surface area contributed by atoms with E-state index in [1.165, 1.54) is 13.2 Å². The number of benzene rings is 1. The van der Waals surface area contributed by atoms with Crippen molar-refractivity contribution in [2.24, 2.45) is 0 Å². The zero-order valence-electron chi connectivity index (χ0n) is 17.3. The number of nitriles is 1. The van der Waals surface area contributed by atoms with Crippen LogP contribution in [0.3, 0.4) is 0 Å². The summed E-state index contributed by atoms with van der Waals surface area (Å²) in [5.74, 6) is 0.228. The van der Waals surface area contributed by atoms with Crippen molar-refractivity contribution in [3.8, 4) is 17.5 Å². The fourth-order valence-electron chi connectivity index (χ4n) is 3.70. The number of carbonyl (C=O) groups excluding carboxylic acids is 1. The highest BCUT2D eigenvalue weighted by atomic mass is 32.2. The van der Waals surface area contributed by atoms with Crippen LogP contribution in [0.15, 0.2) is 58.3 Å². The van der Waals surface area contributed by atoms with E-state index in [1.807, 2.05) is 30.5 Å². The van der Waals surface area contributed by atoms with Crippen molar-refractivity contribution in [1.29, 1.82) is 5.26 Å². The van der Waals surface area contributed by atoms with Crippen molar-refractivity contribution >= 4 is 34.5 Å². The Morgan fingerprint density at radius 1 is 1.31 bits per heavy atom. The van der Waals surface area contributed by atoms with Gasteiger partial charge in [-0.2, -0.15) is 5.26 Å². The van der Waals surface area contributed by atoms with Gasteiger partial charge in [0.15, 0.2) is 5.78 Å². The van der Waals surface area contributed by atoms with E-state index >= 15 is 0 Å². The molecule has 0 atom stereocenters. The Labute approximate surface area is 188 Å². The number of rotatable bonds is 7. The van der Waals surface area contributed by atoms with E-state index in [2.05, 4.69) is 31.1 Å². The van der Waals surface area contributed by atoms with Gasteiger partial charge in [-0.25, -0.2) is 9.97 Å². The van der Waals surface area contributed by atoms with Crippen molar-refractivity contribution in [1.82, 2.24) is 19.7 Å². The standard InChI is InChI=1S/C23H20N6O2S/c1-13(30)20-12-31-23(28-20)19-11-26-22-18(5-6-25-22)21(19)27-15-8-16(9-15)29-32-17-4-2-3-14(7-17)10-24/h2-7,11-12,15-16,29H,8-9H2,1H3,(H2,25,26,27). The second-order valence-electron chi connectivity index (χ2n) is 7.75. The number of ketones is 1. The quantitative estimate of drug-likeness (QED) is 0.281. The van der Waals surface area contributed by atoms with Crippen LogP contribution in [-0.4, -0.2) is 32.8 Å². The molecule has 0 saturated heterocycles. The Hall–Kier alpha value is -3.61. The second-order valence-corrected chi connectivity index (χ2v) is 8.66. The number of H-pyrrole nitrogens is 1. The summed E-state index contributed by atoms with van der Waals surface area (Å²) >= 11 is 1.55. The molecule has 0 bridgehead atoms. The molecule has 9 heteroatoms. The normalized spacial score (nSPS) is 17.6. The van der Waals surface area contributed by atoms with Crippen LogP contribution in [-0.2, 0) is 0 Å². The zero-order valence-corrected chi connectivity index (χ0v) is 18.1. The third-order valence-corrected chi connectivity index (χ3v) is 6.42. The molecule has 3 heterocycles. The van der Waals surface area contributed by atoms with Gasteiger partial charge in [-0.05, 0) is 49.1 Å². The Kier molecular flexibility index (Phi) is 5.39. The average molecular weight is 445 g/mol. The number of Topliss-reactive ketones (excluding diaryl/α,β-unsaturated/α-hetero) is 1. The number of nitrogens with zero attached hydrogens (tertiary/aromatic N) is 3. The monoisotopic (exact) mass is 444 g/mol. The van der Waals surface area contributed by atoms with Crippen LogP contribution in [0, 0.1) is 11.3 Å². The molecule has 160 valence electrons. The van der Waals surface area contributed by atoms with Crippen LogP contribution >= 0.6 is 11.9 Å². The molecule has 3 aromatic heterocycles. The predicted octanol–water partition coefficient (Wildman–Crippen LogP) is 4.53. The van der Waals surface area contributed by atoms with E-state index in [-0.39, 0.29) is 11.8 Å². The van der Waals surface area contributed by atoms with Gasteiger partial charge in [0, 0.05) is 41.7 Å². The zero-order chi connectivity index (χ0) is 22.1. The molecule has 0 radical (unpaired) electrons. The molecule has 1 aliphatic rings. The Balaban J connectivity index is 1.29. The van der Waals surface area contributed by atoms with Gasteiger partial charge in [0.1, 0.15) is 17.6 Å². The summed E-state index contributed by atoms with van der Waals surface area (Å²) in [6.45, 7) is 1.46. The summed E-state index contributed by atoms with van der Waals surface area (Å²) in [5, 5.41) is 13.6. The summed E-state index contributed by atoms with van der Waals surface area (Å²) in [7, 11) is 0. The Bertz CT molecular complexity index is 1330. The van der Waals surface area contributed by atoms with Crippen molar-refractivity contribution in [3.05, 3.63) is 60.2 Å². The van der Waals surface area contributed by atoms with Gasteiger partial charge in [-0.1, -0.05) is 6.07 Å². The van der Waals surface area contributed by atoms with Crippen molar-refractivity contribution in [2.45, 2.75) is 36.7 Å².